The number of hydrogen-bond donors (Lipinski definition) is 1. The molecular weight excluding hydrogens is 366 g/mol. The molecule has 0 atom stereocenters. The van der Waals surface area contributed by atoms with Crippen LogP contribution < -0.4 is 5.32 Å². The molecule has 0 saturated carbocycles. The van der Waals surface area contributed by atoms with Crippen LogP contribution in [0.2, 0.25) is 0 Å². The second-order valence-electron chi connectivity index (χ2n) is 5.90. The van der Waals surface area contributed by atoms with Crippen LogP contribution in [0.15, 0.2) is 28.4 Å². The molecule has 0 aliphatic carbocycles. The van der Waals surface area contributed by atoms with E-state index in [-0.39, 0.29) is 6.09 Å². The van der Waals surface area contributed by atoms with Crippen LogP contribution in [-0.4, -0.2) is 27.8 Å². The van der Waals surface area contributed by atoms with Crippen LogP contribution in [0.25, 0.3) is 0 Å². The minimum atomic E-state index is -0.474. The second-order valence-corrected chi connectivity index (χ2v) is 8.44. The lowest BCUT2D eigenvalue weighted by Gasteiger charge is -2.19. The molecule has 5 nitrogen and oxygen atoms in total. The number of carbonyl (C=O) groups is 1. The van der Waals surface area contributed by atoms with E-state index < -0.39 is 5.60 Å². The quantitative estimate of drug-likeness (QED) is 0.850. The first-order valence-corrected chi connectivity index (χ1v) is 8.64. The van der Waals surface area contributed by atoms with Crippen LogP contribution in [0, 0.1) is 0 Å². The number of alkyl carbamates (subject to hydrolysis) is 1. The Labute approximate surface area is 142 Å². The van der Waals surface area contributed by atoms with Crippen LogP contribution in [0.5, 0.6) is 0 Å². The van der Waals surface area contributed by atoms with Crippen molar-refractivity contribution in [2.24, 2.45) is 0 Å². The average Bonchev–Trinajstić information content (AvgIpc) is 2.98. The molecule has 0 unspecified atom stereocenters. The molecule has 22 heavy (non-hydrogen) atoms. The van der Waals surface area contributed by atoms with E-state index in [1.54, 1.807) is 11.3 Å². The Kier molecular flexibility index (Phi) is 5.63. The number of amides is 1. The summed E-state index contributed by atoms with van der Waals surface area (Å²) in [5, 5.41) is 2.77. The highest BCUT2D eigenvalue weighted by Gasteiger charge is 2.15. The molecule has 2 aromatic rings. The fraction of sp³-hybridized carbons (Fsp3) is 0.467. The van der Waals surface area contributed by atoms with Gasteiger partial charge in [-0.15, -0.1) is 11.3 Å². The van der Waals surface area contributed by atoms with Crippen molar-refractivity contribution in [3.8, 4) is 0 Å². The topological polar surface area (TPSA) is 56.1 Å². The summed E-state index contributed by atoms with van der Waals surface area (Å²) in [4.78, 5) is 17.1. The Balaban J connectivity index is 1.84. The monoisotopic (exact) mass is 385 g/mol. The molecule has 0 aliphatic rings. The zero-order valence-electron chi connectivity index (χ0n) is 12.9. The van der Waals surface area contributed by atoms with Gasteiger partial charge in [0.15, 0.2) is 0 Å². The van der Waals surface area contributed by atoms with Gasteiger partial charge in [-0.3, -0.25) is 0 Å². The summed E-state index contributed by atoms with van der Waals surface area (Å²) in [5.74, 6) is 0. The fourth-order valence-electron chi connectivity index (χ4n) is 1.91. The van der Waals surface area contributed by atoms with Gasteiger partial charge in [-0.25, -0.2) is 9.78 Å². The van der Waals surface area contributed by atoms with Gasteiger partial charge in [0, 0.05) is 29.7 Å². The molecule has 2 rings (SSSR count). The first kappa shape index (κ1) is 17.0. The van der Waals surface area contributed by atoms with Crippen LogP contribution in [-0.2, 0) is 17.7 Å². The van der Waals surface area contributed by atoms with E-state index >= 15 is 0 Å². The second kappa shape index (κ2) is 7.28. The highest BCUT2D eigenvalue weighted by Crippen LogP contribution is 2.23. The Bertz CT molecular complexity index is 631. The molecular formula is C15H20BrN3O2S. The molecule has 0 radical (unpaired) electrons. The third-order valence-corrected chi connectivity index (χ3v) is 4.41. The molecule has 2 heterocycles. The standard InChI is InChI=1S/C15H20BrN3O2S/c1-15(2,3)21-14(20)18-7-6-11-8-17-10-19(11)9-12-4-5-13(16)22-12/h4-5,8,10H,6-7,9H2,1-3H3,(H,18,20). The molecule has 7 heteroatoms. The summed E-state index contributed by atoms with van der Waals surface area (Å²) in [6.07, 6.45) is 3.97. The lowest BCUT2D eigenvalue weighted by molar-refractivity contribution is 0.0528. The van der Waals surface area contributed by atoms with Gasteiger partial charge in [0.1, 0.15) is 5.60 Å². The van der Waals surface area contributed by atoms with Crippen molar-refractivity contribution in [3.63, 3.8) is 0 Å². The summed E-state index contributed by atoms with van der Waals surface area (Å²) in [5.41, 5.74) is 0.610. The van der Waals surface area contributed by atoms with Gasteiger partial charge in [-0.1, -0.05) is 0 Å². The highest BCUT2D eigenvalue weighted by molar-refractivity contribution is 9.11. The van der Waals surface area contributed by atoms with Gasteiger partial charge < -0.3 is 14.6 Å². The number of nitrogens with zero attached hydrogens (tertiary/aromatic N) is 2. The summed E-state index contributed by atoms with van der Waals surface area (Å²) >= 11 is 5.18. The van der Waals surface area contributed by atoms with E-state index in [1.807, 2.05) is 39.4 Å². The molecule has 1 amide bonds. The molecule has 0 saturated heterocycles. The summed E-state index contributed by atoms with van der Waals surface area (Å²) in [6, 6.07) is 4.14. The smallest absolute Gasteiger partial charge is 0.407 e. The van der Waals surface area contributed by atoms with Crippen LogP contribution in [0.4, 0.5) is 4.79 Å². The predicted molar refractivity (Wildman–Crippen MR) is 91.3 cm³/mol. The van der Waals surface area contributed by atoms with Crippen LogP contribution in [0.1, 0.15) is 31.3 Å². The summed E-state index contributed by atoms with van der Waals surface area (Å²) < 4.78 is 8.42. The van der Waals surface area contributed by atoms with Crippen molar-refractivity contribution < 1.29 is 9.53 Å². The maximum absolute atomic E-state index is 11.6. The van der Waals surface area contributed by atoms with E-state index in [0.717, 1.165) is 16.0 Å². The lowest BCUT2D eigenvalue weighted by atomic mass is 10.2. The van der Waals surface area contributed by atoms with Crippen molar-refractivity contribution in [3.05, 3.63) is 39.0 Å². The number of carbonyl (C=O) groups excluding carboxylic acids is 1. The molecule has 2 aromatic heterocycles. The number of nitrogens with one attached hydrogen (secondary N) is 1. The molecule has 0 aromatic carbocycles. The predicted octanol–water partition coefficient (Wildman–Crippen LogP) is 3.82. The Morgan fingerprint density at radius 3 is 2.86 bits per heavy atom. The average molecular weight is 386 g/mol. The molecule has 0 fully saturated rings. The lowest BCUT2D eigenvalue weighted by Crippen LogP contribution is -2.33. The van der Waals surface area contributed by atoms with E-state index in [1.165, 1.54) is 4.88 Å². The van der Waals surface area contributed by atoms with Crippen molar-refractivity contribution in [1.29, 1.82) is 0 Å². The first-order valence-electron chi connectivity index (χ1n) is 7.03. The maximum Gasteiger partial charge on any atom is 0.407 e. The largest absolute Gasteiger partial charge is 0.444 e. The van der Waals surface area contributed by atoms with Crippen molar-refractivity contribution >= 4 is 33.4 Å². The van der Waals surface area contributed by atoms with Crippen LogP contribution >= 0.6 is 27.3 Å². The number of aromatic nitrogens is 2. The number of halogens is 1. The van der Waals surface area contributed by atoms with Crippen LogP contribution in [0.3, 0.4) is 0 Å². The number of thiophene rings is 1. The molecule has 120 valence electrons. The molecule has 1 N–H and O–H groups in total. The summed E-state index contributed by atoms with van der Waals surface area (Å²) in [7, 11) is 0. The molecule has 0 bridgehead atoms. The molecule has 0 spiro atoms. The van der Waals surface area contributed by atoms with Gasteiger partial charge >= 0.3 is 6.09 Å². The highest BCUT2D eigenvalue weighted by atomic mass is 79.9. The van der Waals surface area contributed by atoms with Gasteiger partial charge in [0.05, 0.1) is 16.7 Å². The minimum absolute atomic E-state index is 0.388. The zero-order valence-corrected chi connectivity index (χ0v) is 15.3. The molecule has 0 aliphatic heterocycles. The van der Waals surface area contributed by atoms with E-state index in [0.29, 0.717) is 13.0 Å². The Hall–Kier alpha value is -1.34. The van der Waals surface area contributed by atoms with Gasteiger partial charge in [0.25, 0.3) is 0 Å². The van der Waals surface area contributed by atoms with E-state index in [2.05, 4.69) is 36.9 Å². The zero-order chi connectivity index (χ0) is 16.2. The third-order valence-electron chi connectivity index (χ3n) is 2.80. The number of hydrogen-bond acceptors (Lipinski definition) is 4. The fourth-order valence-corrected chi connectivity index (χ4v) is 3.39. The van der Waals surface area contributed by atoms with Crippen molar-refractivity contribution in [1.82, 2.24) is 14.9 Å². The van der Waals surface area contributed by atoms with E-state index in [9.17, 15) is 4.79 Å². The third kappa shape index (κ3) is 5.46. The number of imidazole rings is 1. The van der Waals surface area contributed by atoms with Gasteiger partial charge in [-0.2, -0.15) is 0 Å². The SMILES string of the molecule is CC(C)(C)OC(=O)NCCc1cncn1Cc1ccc(Br)s1. The Morgan fingerprint density at radius 1 is 1.45 bits per heavy atom. The number of ether oxygens (including phenoxy) is 1. The summed E-state index contributed by atoms with van der Waals surface area (Å²) in [6.45, 7) is 6.86. The minimum Gasteiger partial charge on any atom is -0.444 e. The van der Waals surface area contributed by atoms with Gasteiger partial charge in [0.2, 0.25) is 0 Å². The maximum atomic E-state index is 11.6. The van der Waals surface area contributed by atoms with Gasteiger partial charge in [-0.05, 0) is 48.8 Å². The number of rotatable bonds is 5. The normalized spacial score (nSPS) is 11.5. The first-order chi connectivity index (χ1) is 10.3. The van der Waals surface area contributed by atoms with Crippen molar-refractivity contribution in [2.75, 3.05) is 6.54 Å². The van der Waals surface area contributed by atoms with E-state index in [4.69, 9.17) is 4.74 Å². The van der Waals surface area contributed by atoms with Crippen molar-refractivity contribution in [2.45, 2.75) is 39.3 Å². The Morgan fingerprint density at radius 2 is 2.23 bits per heavy atom.